The van der Waals surface area contributed by atoms with E-state index in [0.29, 0.717) is 5.56 Å². The fourth-order valence-electron chi connectivity index (χ4n) is 0.814. The lowest BCUT2D eigenvalue weighted by Gasteiger charge is -2.05. The molecule has 0 aliphatic rings. The molecule has 0 saturated carbocycles. The van der Waals surface area contributed by atoms with Crippen molar-refractivity contribution >= 4 is 17.8 Å². The van der Waals surface area contributed by atoms with Gasteiger partial charge in [0.25, 0.3) is 0 Å². The molecule has 0 aromatic heterocycles. The number of rotatable bonds is 2. The van der Waals surface area contributed by atoms with Gasteiger partial charge in [-0.2, -0.15) is 0 Å². The van der Waals surface area contributed by atoms with E-state index in [4.69, 9.17) is 11.9 Å². The number of hydrogen-bond donors (Lipinski definition) is 1. The first-order chi connectivity index (χ1) is 5.75. The molecule has 0 amide bonds. The molecular formula is C8H7ClO3. The van der Waals surface area contributed by atoms with Crippen LogP contribution in [0.5, 0.6) is 0 Å². The van der Waals surface area contributed by atoms with Crippen molar-refractivity contribution in [3.63, 3.8) is 0 Å². The van der Waals surface area contributed by atoms with Crippen LogP contribution in [0.2, 0.25) is 0 Å². The van der Waals surface area contributed by atoms with E-state index in [1.165, 1.54) is 0 Å². The van der Waals surface area contributed by atoms with Gasteiger partial charge in [-0.1, -0.05) is 30.3 Å². The maximum absolute atomic E-state index is 10.7. The molecule has 4 heteroatoms. The molecule has 1 N–H and O–H groups in total. The minimum absolute atomic E-state index is 0.461. The average molecular weight is 187 g/mol. The van der Waals surface area contributed by atoms with Crippen molar-refractivity contribution < 1.29 is 14.2 Å². The number of benzene rings is 1. The van der Waals surface area contributed by atoms with Crippen LogP contribution in [-0.2, 0) is 9.08 Å². The van der Waals surface area contributed by atoms with Crippen molar-refractivity contribution in [2.45, 2.75) is 6.10 Å². The van der Waals surface area contributed by atoms with Crippen LogP contribution in [0, 0.1) is 0 Å². The van der Waals surface area contributed by atoms with E-state index < -0.39 is 12.1 Å². The zero-order valence-corrected chi connectivity index (χ0v) is 6.86. The van der Waals surface area contributed by atoms with Crippen molar-refractivity contribution in [2.24, 2.45) is 0 Å². The molecule has 0 spiro atoms. The molecule has 0 aliphatic heterocycles. The second kappa shape index (κ2) is 4.09. The predicted molar refractivity (Wildman–Crippen MR) is 43.3 cm³/mol. The van der Waals surface area contributed by atoms with Crippen molar-refractivity contribution in [2.75, 3.05) is 0 Å². The zero-order valence-electron chi connectivity index (χ0n) is 6.11. The van der Waals surface area contributed by atoms with Crippen LogP contribution in [-0.4, -0.2) is 11.1 Å². The monoisotopic (exact) mass is 186 g/mol. The third kappa shape index (κ3) is 1.96. The normalized spacial score (nSPS) is 12.2. The molecule has 0 fully saturated rings. The van der Waals surface area contributed by atoms with Gasteiger partial charge in [0.2, 0.25) is 0 Å². The molecule has 1 atom stereocenters. The minimum atomic E-state index is -1.30. The summed E-state index contributed by atoms with van der Waals surface area (Å²) < 4.78 is 3.85. The Hall–Kier alpha value is -1.06. The van der Waals surface area contributed by atoms with Gasteiger partial charge < -0.3 is 9.40 Å². The molecule has 0 saturated heterocycles. The van der Waals surface area contributed by atoms with Crippen molar-refractivity contribution in [1.29, 1.82) is 0 Å². The second-order valence-corrected chi connectivity index (χ2v) is 2.36. The summed E-state index contributed by atoms with van der Waals surface area (Å²) in [6.07, 6.45) is -1.30. The maximum atomic E-state index is 10.7. The van der Waals surface area contributed by atoms with E-state index in [2.05, 4.69) is 4.29 Å². The summed E-state index contributed by atoms with van der Waals surface area (Å²) in [6.45, 7) is 0. The Kier molecular flexibility index (Phi) is 3.08. The third-order valence-electron chi connectivity index (χ3n) is 1.41. The molecule has 1 unspecified atom stereocenters. The Morgan fingerprint density at radius 1 is 1.42 bits per heavy atom. The quantitative estimate of drug-likeness (QED) is 0.760. The number of aliphatic hydroxyl groups is 1. The summed E-state index contributed by atoms with van der Waals surface area (Å²) in [5.41, 5.74) is 0.461. The summed E-state index contributed by atoms with van der Waals surface area (Å²) in [6, 6.07) is 8.42. The number of aliphatic hydroxyl groups excluding tert-OH is 1. The van der Waals surface area contributed by atoms with Crippen molar-refractivity contribution in [1.82, 2.24) is 0 Å². The fourth-order valence-corrected chi connectivity index (χ4v) is 0.898. The van der Waals surface area contributed by atoms with Gasteiger partial charge in [0.05, 0.1) is 0 Å². The lowest BCUT2D eigenvalue weighted by atomic mass is 10.1. The van der Waals surface area contributed by atoms with Crippen LogP contribution in [0.4, 0.5) is 0 Å². The van der Waals surface area contributed by atoms with E-state index >= 15 is 0 Å². The van der Waals surface area contributed by atoms with E-state index in [0.717, 1.165) is 0 Å². The highest BCUT2D eigenvalue weighted by Crippen LogP contribution is 2.13. The van der Waals surface area contributed by atoms with Crippen LogP contribution < -0.4 is 0 Å². The van der Waals surface area contributed by atoms with E-state index in [1.54, 1.807) is 30.3 Å². The fraction of sp³-hybridized carbons (Fsp3) is 0.125. The largest absolute Gasteiger partial charge is 0.377 e. The molecule has 64 valence electrons. The molecule has 1 aromatic rings. The topological polar surface area (TPSA) is 46.5 Å². The van der Waals surface area contributed by atoms with Gasteiger partial charge in [-0.3, -0.25) is 0 Å². The van der Waals surface area contributed by atoms with Gasteiger partial charge in [0, 0.05) is 0 Å². The molecule has 0 heterocycles. The lowest BCUT2D eigenvalue weighted by Crippen LogP contribution is -2.11. The number of carbonyl (C=O) groups is 1. The predicted octanol–water partition coefficient (Wildman–Crippen LogP) is 1.42. The molecule has 0 bridgehead atoms. The highest BCUT2D eigenvalue weighted by Gasteiger charge is 2.17. The van der Waals surface area contributed by atoms with Gasteiger partial charge in [-0.15, -0.1) is 0 Å². The highest BCUT2D eigenvalue weighted by atomic mass is 35.5. The maximum Gasteiger partial charge on any atom is 0.357 e. The zero-order chi connectivity index (χ0) is 8.97. The number of hydrogen-bond acceptors (Lipinski definition) is 3. The Bertz CT molecular complexity index is 260. The van der Waals surface area contributed by atoms with E-state index in [9.17, 15) is 9.90 Å². The van der Waals surface area contributed by atoms with Crippen LogP contribution in [0.1, 0.15) is 11.7 Å². The van der Waals surface area contributed by atoms with Crippen LogP contribution in [0.15, 0.2) is 30.3 Å². The standard InChI is InChI=1S/C8H7ClO3/c9-12-8(11)7(10)6-4-2-1-3-5-6/h1-5,7,10H. The Labute approximate surface area is 74.7 Å². The van der Waals surface area contributed by atoms with Gasteiger partial charge in [-0.05, 0) is 5.56 Å². The summed E-state index contributed by atoms with van der Waals surface area (Å²) in [5, 5.41) is 9.23. The van der Waals surface area contributed by atoms with E-state index in [-0.39, 0.29) is 0 Å². The van der Waals surface area contributed by atoms with Crippen molar-refractivity contribution in [3.8, 4) is 0 Å². The van der Waals surface area contributed by atoms with Crippen LogP contribution in [0.25, 0.3) is 0 Å². The summed E-state index contributed by atoms with van der Waals surface area (Å²) in [7, 11) is 0. The molecule has 3 nitrogen and oxygen atoms in total. The first-order valence-electron chi connectivity index (χ1n) is 3.31. The summed E-state index contributed by atoms with van der Waals surface area (Å²) in [4.78, 5) is 10.7. The van der Waals surface area contributed by atoms with Gasteiger partial charge in [-0.25, -0.2) is 4.79 Å². The summed E-state index contributed by atoms with van der Waals surface area (Å²) in [5.74, 6) is -0.872. The molecule has 0 radical (unpaired) electrons. The molecule has 1 rings (SSSR count). The summed E-state index contributed by atoms with van der Waals surface area (Å²) >= 11 is 4.79. The molecule has 1 aromatic carbocycles. The minimum Gasteiger partial charge on any atom is -0.377 e. The van der Waals surface area contributed by atoms with Crippen molar-refractivity contribution in [3.05, 3.63) is 35.9 Å². The Morgan fingerprint density at radius 3 is 2.50 bits per heavy atom. The van der Waals surface area contributed by atoms with Crippen LogP contribution in [0.3, 0.4) is 0 Å². The van der Waals surface area contributed by atoms with Gasteiger partial charge in [0.1, 0.15) is 11.9 Å². The average Bonchev–Trinajstić information content (AvgIpc) is 2.17. The second-order valence-electron chi connectivity index (χ2n) is 2.21. The number of carbonyl (C=O) groups excluding carboxylic acids is 1. The SMILES string of the molecule is O=C(OCl)C(O)c1ccccc1. The Balaban J connectivity index is 2.78. The Morgan fingerprint density at radius 2 is 2.00 bits per heavy atom. The smallest absolute Gasteiger partial charge is 0.357 e. The molecular weight excluding hydrogens is 180 g/mol. The highest BCUT2D eigenvalue weighted by molar-refractivity contribution is 6.13. The van der Waals surface area contributed by atoms with Crippen LogP contribution >= 0.6 is 11.9 Å². The third-order valence-corrected chi connectivity index (χ3v) is 1.57. The number of halogens is 1. The van der Waals surface area contributed by atoms with Gasteiger partial charge >= 0.3 is 5.97 Å². The molecule has 0 aliphatic carbocycles. The molecule has 12 heavy (non-hydrogen) atoms. The van der Waals surface area contributed by atoms with Gasteiger partial charge in [0.15, 0.2) is 6.10 Å². The first-order valence-corrected chi connectivity index (χ1v) is 3.62. The first kappa shape index (κ1) is 9.03. The van der Waals surface area contributed by atoms with E-state index in [1.807, 2.05) is 0 Å². The lowest BCUT2D eigenvalue weighted by molar-refractivity contribution is -0.143.